The topological polar surface area (TPSA) is 88.6 Å². The number of aryl methyl sites for hydroxylation is 1. The molecule has 2 heterocycles. The van der Waals surface area contributed by atoms with Crippen molar-refractivity contribution in [1.29, 1.82) is 0 Å². The quantitative estimate of drug-likeness (QED) is 0.388. The number of furan rings is 1. The molecule has 0 spiro atoms. The van der Waals surface area contributed by atoms with Crippen molar-refractivity contribution < 1.29 is 14.1 Å². The van der Waals surface area contributed by atoms with Gasteiger partial charge >= 0.3 is 0 Å². The second-order valence-corrected chi connectivity index (χ2v) is 8.74. The molecule has 7 nitrogen and oxygen atoms in total. The van der Waals surface area contributed by atoms with Crippen LogP contribution in [0.15, 0.2) is 68.8 Å². The summed E-state index contributed by atoms with van der Waals surface area (Å²) in [6, 6.07) is 15.9. The van der Waals surface area contributed by atoms with E-state index in [1.165, 1.54) is 36.7 Å². The lowest BCUT2D eigenvalue weighted by Gasteiger charge is -2.11. The Bertz CT molecular complexity index is 1090. The average molecular weight is 438 g/mol. The lowest BCUT2D eigenvalue weighted by Crippen LogP contribution is -2.18. The van der Waals surface area contributed by atoms with Crippen molar-refractivity contribution in [3.05, 3.63) is 81.8 Å². The molecule has 0 radical (unpaired) electrons. The van der Waals surface area contributed by atoms with Crippen LogP contribution in [0.25, 0.3) is 0 Å². The van der Waals surface area contributed by atoms with E-state index in [2.05, 4.69) is 10.2 Å². The maximum absolute atomic E-state index is 12.7. The second-order valence-electron chi connectivity index (χ2n) is 7.59. The number of hydrogen-bond acceptors (Lipinski definition) is 6. The molecular formula is C23H23N3O4S. The predicted octanol–water partition coefficient (Wildman–Crippen LogP) is 5.50. The lowest BCUT2D eigenvalue weighted by atomic mass is 10.2. The van der Waals surface area contributed by atoms with E-state index in [1.807, 2.05) is 31.2 Å². The first-order valence-corrected chi connectivity index (χ1v) is 10.9. The van der Waals surface area contributed by atoms with Crippen LogP contribution in [-0.4, -0.2) is 28.8 Å². The van der Waals surface area contributed by atoms with Crippen molar-refractivity contribution in [2.45, 2.75) is 36.1 Å². The van der Waals surface area contributed by atoms with E-state index < -0.39 is 10.8 Å². The predicted molar refractivity (Wildman–Crippen MR) is 120 cm³/mol. The van der Waals surface area contributed by atoms with Crippen LogP contribution in [0.3, 0.4) is 0 Å². The van der Waals surface area contributed by atoms with E-state index in [-0.39, 0.29) is 11.4 Å². The van der Waals surface area contributed by atoms with E-state index in [9.17, 15) is 14.9 Å². The van der Waals surface area contributed by atoms with Crippen molar-refractivity contribution in [3.63, 3.8) is 0 Å². The van der Waals surface area contributed by atoms with Gasteiger partial charge in [-0.05, 0) is 63.2 Å². The van der Waals surface area contributed by atoms with Gasteiger partial charge in [-0.2, -0.15) is 0 Å². The maximum atomic E-state index is 12.7. The molecule has 160 valence electrons. The number of non-ortho nitro benzene ring substituents is 1. The SMILES string of the molecule is Cc1ccc(Sc2cc(NC(=O)c3ccc(CN4CCCC4)o3)cc([N+](=O)[O-])c2)cc1. The number of nitrogens with zero attached hydrogens (tertiary/aromatic N) is 2. The molecule has 31 heavy (non-hydrogen) atoms. The van der Waals surface area contributed by atoms with Crippen molar-refractivity contribution in [3.8, 4) is 0 Å². The highest BCUT2D eigenvalue weighted by Crippen LogP contribution is 2.33. The molecule has 0 unspecified atom stereocenters. The fourth-order valence-corrected chi connectivity index (χ4v) is 4.41. The molecule has 1 aliphatic heterocycles. The molecule has 0 bridgehead atoms. The summed E-state index contributed by atoms with van der Waals surface area (Å²) in [5.41, 5.74) is 1.41. The lowest BCUT2D eigenvalue weighted by molar-refractivity contribution is -0.385. The highest BCUT2D eigenvalue weighted by atomic mass is 32.2. The molecule has 0 atom stereocenters. The molecule has 1 amide bonds. The molecule has 0 saturated carbocycles. The zero-order valence-corrected chi connectivity index (χ0v) is 18.0. The summed E-state index contributed by atoms with van der Waals surface area (Å²) in [6.07, 6.45) is 2.37. The first-order valence-electron chi connectivity index (χ1n) is 10.1. The average Bonchev–Trinajstić information content (AvgIpc) is 3.42. The highest BCUT2D eigenvalue weighted by molar-refractivity contribution is 7.99. The van der Waals surface area contributed by atoms with Crippen molar-refractivity contribution in [1.82, 2.24) is 4.90 Å². The summed E-state index contributed by atoms with van der Waals surface area (Å²) in [5.74, 6) is 0.495. The molecular weight excluding hydrogens is 414 g/mol. The van der Waals surface area contributed by atoms with Crippen LogP contribution in [0.2, 0.25) is 0 Å². The van der Waals surface area contributed by atoms with Crippen LogP contribution < -0.4 is 5.32 Å². The van der Waals surface area contributed by atoms with Gasteiger partial charge in [0, 0.05) is 27.6 Å². The first kappa shape index (κ1) is 21.1. The number of carbonyl (C=O) groups is 1. The summed E-state index contributed by atoms with van der Waals surface area (Å²) in [7, 11) is 0. The minimum absolute atomic E-state index is 0.0819. The Morgan fingerprint density at radius 2 is 1.84 bits per heavy atom. The van der Waals surface area contributed by atoms with Gasteiger partial charge in [0.05, 0.1) is 11.5 Å². The molecule has 0 aliphatic carbocycles. The van der Waals surface area contributed by atoms with Crippen molar-refractivity contribution in [2.24, 2.45) is 0 Å². The van der Waals surface area contributed by atoms with Gasteiger partial charge in [-0.1, -0.05) is 29.5 Å². The molecule has 1 aromatic heterocycles. The Morgan fingerprint density at radius 3 is 2.55 bits per heavy atom. The van der Waals surface area contributed by atoms with E-state index in [1.54, 1.807) is 18.2 Å². The Morgan fingerprint density at radius 1 is 1.10 bits per heavy atom. The fraction of sp³-hybridized carbons (Fsp3) is 0.261. The molecule has 1 saturated heterocycles. The smallest absolute Gasteiger partial charge is 0.291 e. The third-order valence-electron chi connectivity index (χ3n) is 5.08. The van der Waals surface area contributed by atoms with Crippen molar-refractivity contribution in [2.75, 3.05) is 18.4 Å². The zero-order chi connectivity index (χ0) is 21.8. The van der Waals surface area contributed by atoms with Gasteiger partial charge in [0.15, 0.2) is 5.76 Å². The van der Waals surface area contributed by atoms with Crippen LogP contribution in [0.4, 0.5) is 11.4 Å². The Balaban J connectivity index is 1.49. The van der Waals surface area contributed by atoms with Crippen LogP contribution in [0.1, 0.15) is 34.7 Å². The molecule has 1 fully saturated rings. The number of anilines is 1. The standard InChI is InChI=1S/C23H23N3O4S/c1-16-4-7-20(8-5-16)31-21-13-17(12-18(14-21)26(28)29)24-23(27)22-9-6-19(30-22)15-25-10-2-3-11-25/h4-9,12-14H,2-3,10-11,15H2,1H3,(H,24,27). The van der Waals surface area contributed by atoms with Crippen LogP contribution in [-0.2, 0) is 6.54 Å². The van der Waals surface area contributed by atoms with Gasteiger partial charge in [0.1, 0.15) is 5.76 Å². The van der Waals surface area contributed by atoms with Gasteiger partial charge in [-0.3, -0.25) is 19.8 Å². The van der Waals surface area contributed by atoms with Crippen LogP contribution >= 0.6 is 11.8 Å². The van der Waals surface area contributed by atoms with E-state index in [0.717, 1.165) is 29.3 Å². The molecule has 2 aromatic carbocycles. The van der Waals surface area contributed by atoms with E-state index in [4.69, 9.17) is 4.42 Å². The first-order chi connectivity index (χ1) is 15.0. The number of nitro benzene ring substituents is 1. The summed E-state index contributed by atoms with van der Waals surface area (Å²) < 4.78 is 5.70. The largest absolute Gasteiger partial charge is 0.455 e. The number of likely N-dealkylation sites (tertiary alicyclic amines) is 1. The number of rotatable bonds is 7. The third-order valence-corrected chi connectivity index (χ3v) is 6.06. The number of benzene rings is 2. The molecule has 1 aliphatic rings. The zero-order valence-electron chi connectivity index (χ0n) is 17.2. The minimum Gasteiger partial charge on any atom is -0.455 e. The number of carbonyl (C=O) groups excluding carboxylic acids is 1. The molecule has 8 heteroatoms. The van der Waals surface area contributed by atoms with Crippen LogP contribution in [0.5, 0.6) is 0 Å². The normalized spacial score (nSPS) is 14.0. The van der Waals surface area contributed by atoms with Gasteiger partial charge < -0.3 is 9.73 Å². The Labute approximate surface area is 184 Å². The van der Waals surface area contributed by atoms with Gasteiger partial charge in [0.25, 0.3) is 11.6 Å². The van der Waals surface area contributed by atoms with E-state index in [0.29, 0.717) is 17.1 Å². The third kappa shape index (κ3) is 5.53. The van der Waals surface area contributed by atoms with E-state index >= 15 is 0 Å². The summed E-state index contributed by atoms with van der Waals surface area (Å²) in [6.45, 7) is 4.76. The second kappa shape index (κ2) is 9.36. The maximum Gasteiger partial charge on any atom is 0.291 e. The highest BCUT2D eigenvalue weighted by Gasteiger charge is 2.18. The molecule has 1 N–H and O–H groups in total. The van der Waals surface area contributed by atoms with Crippen molar-refractivity contribution >= 4 is 29.0 Å². The fourth-order valence-electron chi connectivity index (χ4n) is 3.50. The minimum atomic E-state index is -0.462. The summed E-state index contributed by atoms with van der Waals surface area (Å²) in [5, 5.41) is 14.1. The number of nitrogens with one attached hydrogen (secondary N) is 1. The Hall–Kier alpha value is -3.10. The van der Waals surface area contributed by atoms with Gasteiger partial charge in [-0.15, -0.1) is 0 Å². The number of nitro groups is 1. The number of hydrogen-bond donors (Lipinski definition) is 1. The monoisotopic (exact) mass is 437 g/mol. The summed E-state index contributed by atoms with van der Waals surface area (Å²) in [4.78, 5) is 27.5. The molecule has 3 aromatic rings. The van der Waals surface area contributed by atoms with Gasteiger partial charge in [-0.25, -0.2) is 0 Å². The summed E-state index contributed by atoms with van der Waals surface area (Å²) >= 11 is 1.40. The Kier molecular flexibility index (Phi) is 6.39. The molecule has 4 rings (SSSR count). The van der Waals surface area contributed by atoms with Gasteiger partial charge in [0.2, 0.25) is 0 Å². The van der Waals surface area contributed by atoms with Crippen LogP contribution in [0, 0.1) is 17.0 Å². The number of amides is 1.